The van der Waals surface area contributed by atoms with Crippen molar-refractivity contribution in [1.29, 1.82) is 0 Å². The summed E-state index contributed by atoms with van der Waals surface area (Å²) in [6.45, 7) is 0. The second-order valence-corrected chi connectivity index (χ2v) is 2.73. The minimum absolute atomic E-state index is 0.118. The molecule has 0 fully saturated rings. The van der Waals surface area contributed by atoms with Crippen molar-refractivity contribution < 1.29 is 15.0 Å². The number of aliphatic carboxylic acids is 1. The van der Waals surface area contributed by atoms with Crippen LogP contribution >= 0.6 is 0 Å². The summed E-state index contributed by atoms with van der Waals surface area (Å²) >= 11 is 0. The molecule has 0 radical (unpaired) electrons. The Bertz CT molecular complexity index is 258. The monoisotopic (exact) mass is 194 g/mol. The zero-order valence-corrected chi connectivity index (χ0v) is 7.89. The van der Waals surface area contributed by atoms with Crippen molar-refractivity contribution in [3.63, 3.8) is 0 Å². The number of allylic oxidation sites excluding steroid dienone is 2. The maximum Gasteiger partial charge on any atom is 0.303 e. The number of carboxylic acids is 1. The highest BCUT2D eigenvalue weighted by molar-refractivity contribution is 5.66. The predicted octanol–water partition coefficient (Wildman–Crippen LogP) is 1.35. The molecule has 0 aliphatic rings. The third-order valence-electron chi connectivity index (χ3n) is 1.48. The molecule has 0 saturated heterocycles. The highest BCUT2D eigenvalue weighted by Gasteiger charge is 1.94. The van der Waals surface area contributed by atoms with Crippen LogP contribution in [-0.2, 0) is 4.79 Å². The van der Waals surface area contributed by atoms with Crippen LogP contribution in [0, 0.1) is 12.3 Å². The van der Waals surface area contributed by atoms with Crippen LogP contribution in [0.5, 0.6) is 0 Å². The molecule has 0 aliphatic carbocycles. The first-order valence-corrected chi connectivity index (χ1v) is 4.34. The molecule has 0 rings (SSSR count). The molecule has 0 aromatic rings. The first-order chi connectivity index (χ1) is 6.66. The summed E-state index contributed by atoms with van der Waals surface area (Å²) in [5.41, 5.74) is 0. The van der Waals surface area contributed by atoms with E-state index in [1.54, 1.807) is 12.2 Å². The molecule has 0 saturated carbocycles. The summed E-state index contributed by atoms with van der Waals surface area (Å²) in [7, 11) is 0. The van der Waals surface area contributed by atoms with E-state index >= 15 is 0 Å². The minimum atomic E-state index is -0.817. The van der Waals surface area contributed by atoms with Crippen LogP contribution in [0.3, 0.4) is 0 Å². The van der Waals surface area contributed by atoms with Gasteiger partial charge in [-0.25, -0.2) is 0 Å². The van der Waals surface area contributed by atoms with Crippen LogP contribution in [0.1, 0.15) is 19.3 Å². The molecular formula is C11H14O3. The van der Waals surface area contributed by atoms with Gasteiger partial charge in [-0.2, -0.15) is 0 Å². The smallest absolute Gasteiger partial charge is 0.303 e. The van der Waals surface area contributed by atoms with Crippen LogP contribution in [0.15, 0.2) is 24.3 Å². The lowest BCUT2D eigenvalue weighted by molar-refractivity contribution is -0.136. The number of rotatable bonds is 6. The Hall–Kier alpha value is -1.53. The molecule has 14 heavy (non-hydrogen) atoms. The minimum Gasteiger partial charge on any atom is -0.481 e. The summed E-state index contributed by atoms with van der Waals surface area (Å²) in [4.78, 5) is 10.1. The van der Waals surface area contributed by atoms with E-state index in [0.29, 0.717) is 12.8 Å². The second-order valence-electron chi connectivity index (χ2n) is 2.73. The van der Waals surface area contributed by atoms with E-state index in [1.807, 2.05) is 0 Å². The summed E-state index contributed by atoms with van der Waals surface area (Å²) in [6, 6.07) is 0. The lowest BCUT2D eigenvalue weighted by atomic mass is 10.2. The molecule has 0 aromatic carbocycles. The standard InChI is InChI=1S/C11H14O3/c1-2-3-7-10(12)8-5-4-6-9-11(13)14/h1,3-5,7,10,12H,6,8-9H2,(H,13,14)/b5-4-,7-3+/t10-/m1/s1. The van der Waals surface area contributed by atoms with E-state index in [4.69, 9.17) is 11.5 Å². The Kier molecular flexibility index (Phi) is 7.20. The van der Waals surface area contributed by atoms with E-state index in [0.717, 1.165) is 0 Å². The fraction of sp³-hybridized carbons (Fsp3) is 0.364. The third kappa shape index (κ3) is 8.57. The van der Waals surface area contributed by atoms with Gasteiger partial charge in [0.1, 0.15) is 0 Å². The van der Waals surface area contributed by atoms with Crippen molar-refractivity contribution in [2.45, 2.75) is 25.4 Å². The van der Waals surface area contributed by atoms with Gasteiger partial charge in [0.2, 0.25) is 0 Å². The summed E-state index contributed by atoms with van der Waals surface area (Å²) in [5, 5.41) is 17.6. The van der Waals surface area contributed by atoms with Crippen LogP contribution in [0.4, 0.5) is 0 Å². The molecule has 0 unspecified atom stereocenters. The van der Waals surface area contributed by atoms with Gasteiger partial charge in [-0.05, 0) is 25.0 Å². The number of hydrogen-bond acceptors (Lipinski definition) is 2. The fourth-order valence-corrected chi connectivity index (χ4v) is 0.806. The lowest BCUT2D eigenvalue weighted by Gasteiger charge is -1.98. The maximum atomic E-state index is 10.1. The molecule has 3 heteroatoms. The van der Waals surface area contributed by atoms with E-state index in [1.165, 1.54) is 12.2 Å². The highest BCUT2D eigenvalue weighted by atomic mass is 16.4. The zero-order chi connectivity index (χ0) is 10.8. The Morgan fingerprint density at radius 1 is 1.50 bits per heavy atom. The number of terminal acetylenes is 1. The number of carboxylic acid groups (broad SMARTS) is 1. The first-order valence-electron chi connectivity index (χ1n) is 4.34. The van der Waals surface area contributed by atoms with E-state index in [2.05, 4.69) is 5.92 Å². The SMILES string of the molecule is C#C/C=C/[C@@H](O)C/C=C\CCC(=O)O. The van der Waals surface area contributed by atoms with Crippen LogP contribution in [0.25, 0.3) is 0 Å². The van der Waals surface area contributed by atoms with Crippen LogP contribution < -0.4 is 0 Å². The van der Waals surface area contributed by atoms with Crippen molar-refractivity contribution in [3.05, 3.63) is 24.3 Å². The van der Waals surface area contributed by atoms with Gasteiger partial charge in [0.25, 0.3) is 0 Å². The van der Waals surface area contributed by atoms with Gasteiger partial charge in [0.05, 0.1) is 6.10 Å². The van der Waals surface area contributed by atoms with E-state index < -0.39 is 12.1 Å². The molecule has 3 nitrogen and oxygen atoms in total. The van der Waals surface area contributed by atoms with Gasteiger partial charge < -0.3 is 10.2 Å². The van der Waals surface area contributed by atoms with Gasteiger partial charge in [-0.15, -0.1) is 6.42 Å². The number of hydrogen-bond donors (Lipinski definition) is 2. The van der Waals surface area contributed by atoms with Crippen molar-refractivity contribution in [2.75, 3.05) is 0 Å². The Balaban J connectivity index is 3.56. The second kappa shape index (κ2) is 8.09. The normalized spacial score (nSPS) is 13.1. The van der Waals surface area contributed by atoms with Crippen molar-refractivity contribution >= 4 is 5.97 Å². The van der Waals surface area contributed by atoms with Gasteiger partial charge in [-0.3, -0.25) is 4.79 Å². The maximum absolute atomic E-state index is 10.1. The highest BCUT2D eigenvalue weighted by Crippen LogP contribution is 1.98. The average molecular weight is 194 g/mol. The third-order valence-corrected chi connectivity index (χ3v) is 1.48. The van der Waals surface area contributed by atoms with Gasteiger partial charge in [0, 0.05) is 6.42 Å². The lowest BCUT2D eigenvalue weighted by Crippen LogP contribution is -1.99. The van der Waals surface area contributed by atoms with Crippen LogP contribution in [-0.4, -0.2) is 22.3 Å². The zero-order valence-electron chi connectivity index (χ0n) is 7.89. The Morgan fingerprint density at radius 3 is 2.79 bits per heavy atom. The molecular weight excluding hydrogens is 180 g/mol. The van der Waals surface area contributed by atoms with Crippen molar-refractivity contribution in [2.24, 2.45) is 0 Å². The molecule has 0 bridgehead atoms. The topological polar surface area (TPSA) is 57.5 Å². The van der Waals surface area contributed by atoms with Crippen LogP contribution in [0.2, 0.25) is 0 Å². The molecule has 76 valence electrons. The molecule has 1 atom stereocenters. The summed E-state index contributed by atoms with van der Waals surface area (Å²) < 4.78 is 0. The summed E-state index contributed by atoms with van der Waals surface area (Å²) in [6.07, 6.45) is 11.9. The van der Waals surface area contributed by atoms with E-state index in [-0.39, 0.29) is 6.42 Å². The molecule has 0 aromatic heterocycles. The number of aliphatic hydroxyl groups is 1. The van der Waals surface area contributed by atoms with Gasteiger partial charge >= 0.3 is 5.97 Å². The van der Waals surface area contributed by atoms with E-state index in [9.17, 15) is 9.90 Å². The fourth-order valence-electron chi connectivity index (χ4n) is 0.806. The number of carbonyl (C=O) groups is 1. The van der Waals surface area contributed by atoms with Gasteiger partial charge in [0.15, 0.2) is 0 Å². The molecule has 0 spiro atoms. The quantitative estimate of drug-likeness (QED) is 0.495. The molecule has 0 heterocycles. The average Bonchev–Trinajstić information content (AvgIpc) is 2.13. The molecule has 2 N–H and O–H groups in total. The van der Waals surface area contributed by atoms with Gasteiger partial charge in [-0.1, -0.05) is 18.1 Å². The first kappa shape index (κ1) is 12.5. The summed E-state index contributed by atoms with van der Waals surface area (Å²) in [5.74, 6) is 1.46. The number of aliphatic hydroxyl groups excluding tert-OH is 1. The Morgan fingerprint density at radius 2 is 2.21 bits per heavy atom. The molecule has 0 aliphatic heterocycles. The largest absolute Gasteiger partial charge is 0.481 e. The molecule has 0 amide bonds. The Labute approximate surface area is 83.8 Å². The predicted molar refractivity (Wildman–Crippen MR) is 54.6 cm³/mol. The van der Waals surface area contributed by atoms with Crippen molar-refractivity contribution in [3.8, 4) is 12.3 Å². The van der Waals surface area contributed by atoms with Crippen molar-refractivity contribution in [1.82, 2.24) is 0 Å².